The van der Waals surface area contributed by atoms with Crippen LogP contribution in [0.15, 0.2) is 24.3 Å². The summed E-state index contributed by atoms with van der Waals surface area (Å²) in [7, 11) is 0. The molecule has 2 rings (SSSR count). The van der Waals surface area contributed by atoms with E-state index in [0.717, 1.165) is 12.4 Å². The van der Waals surface area contributed by atoms with Crippen LogP contribution in [0.5, 0.6) is 5.75 Å². The first-order valence-electron chi connectivity index (χ1n) is 5.73. The molecule has 1 fully saturated rings. The van der Waals surface area contributed by atoms with Crippen molar-refractivity contribution in [2.45, 2.75) is 32.1 Å². The lowest BCUT2D eigenvalue weighted by Gasteiger charge is -2.21. The Bertz CT molecular complexity index is 288. The van der Waals surface area contributed by atoms with Crippen molar-refractivity contribution in [3.05, 3.63) is 30.1 Å². The van der Waals surface area contributed by atoms with E-state index in [-0.39, 0.29) is 5.82 Å². The largest absolute Gasteiger partial charge is 0.493 e. The van der Waals surface area contributed by atoms with Crippen LogP contribution in [0.3, 0.4) is 0 Å². The van der Waals surface area contributed by atoms with Gasteiger partial charge in [0.05, 0.1) is 6.61 Å². The molecule has 0 heterocycles. The van der Waals surface area contributed by atoms with Gasteiger partial charge in [0.25, 0.3) is 0 Å². The molecule has 0 saturated heterocycles. The maximum absolute atomic E-state index is 12.6. The highest BCUT2D eigenvalue weighted by Gasteiger charge is 2.13. The van der Waals surface area contributed by atoms with E-state index in [2.05, 4.69) is 0 Å². The average molecular weight is 208 g/mol. The number of benzene rings is 1. The van der Waals surface area contributed by atoms with Crippen molar-refractivity contribution in [3.63, 3.8) is 0 Å². The Labute approximate surface area is 90.3 Å². The molecular formula is C13H17FO. The van der Waals surface area contributed by atoms with Gasteiger partial charge < -0.3 is 4.74 Å². The molecule has 0 aliphatic heterocycles. The smallest absolute Gasteiger partial charge is 0.123 e. The molecule has 0 aromatic heterocycles. The van der Waals surface area contributed by atoms with Crippen molar-refractivity contribution in [1.82, 2.24) is 0 Å². The van der Waals surface area contributed by atoms with E-state index >= 15 is 0 Å². The first kappa shape index (κ1) is 10.5. The van der Waals surface area contributed by atoms with Gasteiger partial charge in [0.2, 0.25) is 0 Å². The van der Waals surface area contributed by atoms with Gasteiger partial charge in [0, 0.05) is 0 Å². The molecular weight excluding hydrogens is 191 g/mol. The van der Waals surface area contributed by atoms with Crippen LogP contribution >= 0.6 is 0 Å². The molecule has 82 valence electrons. The molecule has 1 aromatic carbocycles. The van der Waals surface area contributed by atoms with Crippen LogP contribution in [0.25, 0.3) is 0 Å². The van der Waals surface area contributed by atoms with Crippen molar-refractivity contribution in [1.29, 1.82) is 0 Å². The molecule has 1 aliphatic carbocycles. The quantitative estimate of drug-likeness (QED) is 0.734. The second kappa shape index (κ2) is 5.15. The lowest BCUT2D eigenvalue weighted by Crippen LogP contribution is -2.15. The zero-order chi connectivity index (χ0) is 10.5. The number of rotatable bonds is 3. The second-order valence-electron chi connectivity index (χ2n) is 4.27. The van der Waals surface area contributed by atoms with Gasteiger partial charge in [-0.15, -0.1) is 0 Å². The summed E-state index contributed by atoms with van der Waals surface area (Å²) in [5.41, 5.74) is 0. The van der Waals surface area contributed by atoms with Crippen LogP contribution < -0.4 is 4.74 Å². The summed E-state index contributed by atoms with van der Waals surface area (Å²) < 4.78 is 18.3. The maximum Gasteiger partial charge on any atom is 0.123 e. The van der Waals surface area contributed by atoms with E-state index in [1.165, 1.54) is 44.2 Å². The van der Waals surface area contributed by atoms with Gasteiger partial charge in [-0.1, -0.05) is 19.3 Å². The van der Waals surface area contributed by atoms with Gasteiger partial charge in [0.1, 0.15) is 11.6 Å². The molecule has 0 amide bonds. The minimum atomic E-state index is -0.208. The molecule has 0 spiro atoms. The van der Waals surface area contributed by atoms with Crippen LogP contribution in [0.4, 0.5) is 4.39 Å². The molecule has 1 aromatic rings. The zero-order valence-corrected chi connectivity index (χ0v) is 8.92. The van der Waals surface area contributed by atoms with E-state index in [0.29, 0.717) is 5.92 Å². The Balaban J connectivity index is 1.79. The van der Waals surface area contributed by atoms with Crippen LogP contribution in [-0.2, 0) is 0 Å². The maximum atomic E-state index is 12.6. The minimum Gasteiger partial charge on any atom is -0.493 e. The SMILES string of the molecule is Fc1ccc(OCC2CCCCC2)cc1. The summed E-state index contributed by atoms with van der Waals surface area (Å²) >= 11 is 0. The third kappa shape index (κ3) is 3.22. The first-order chi connectivity index (χ1) is 7.34. The van der Waals surface area contributed by atoms with Gasteiger partial charge in [-0.2, -0.15) is 0 Å². The number of hydrogen-bond acceptors (Lipinski definition) is 1. The van der Waals surface area contributed by atoms with Crippen molar-refractivity contribution in [3.8, 4) is 5.75 Å². The Morgan fingerprint density at radius 1 is 1.07 bits per heavy atom. The molecule has 2 heteroatoms. The molecule has 0 unspecified atom stereocenters. The summed E-state index contributed by atoms with van der Waals surface area (Å²) in [6.07, 6.45) is 6.59. The highest BCUT2D eigenvalue weighted by molar-refractivity contribution is 5.21. The fourth-order valence-electron chi connectivity index (χ4n) is 2.10. The second-order valence-corrected chi connectivity index (χ2v) is 4.27. The number of hydrogen-bond donors (Lipinski definition) is 0. The topological polar surface area (TPSA) is 9.23 Å². The van der Waals surface area contributed by atoms with Crippen LogP contribution in [0, 0.1) is 11.7 Å². The molecule has 1 saturated carbocycles. The van der Waals surface area contributed by atoms with Gasteiger partial charge >= 0.3 is 0 Å². The van der Waals surface area contributed by atoms with Crippen LogP contribution in [0.2, 0.25) is 0 Å². The Hall–Kier alpha value is -1.05. The van der Waals surface area contributed by atoms with Gasteiger partial charge in [-0.25, -0.2) is 4.39 Å². The highest BCUT2D eigenvalue weighted by atomic mass is 19.1. The van der Waals surface area contributed by atoms with Crippen molar-refractivity contribution < 1.29 is 9.13 Å². The van der Waals surface area contributed by atoms with Gasteiger partial charge in [-0.05, 0) is 43.0 Å². The normalized spacial score (nSPS) is 17.7. The minimum absolute atomic E-state index is 0.208. The van der Waals surface area contributed by atoms with Crippen LogP contribution in [-0.4, -0.2) is 6.61 Å². The van der Waals surface area contributed by atoms with Crippen molar-refractivity contribution in [2.24, 2.45) is 5.92 Å². The third-order valence-corrected chi connectivity index (χ3v) is 3.02. The van der Waals surface area contributed by atoms with E-state index in [1.807, 2.05) is 0 Å². The summed E-state index contributed by atoms with van der Waals surface area (Å²) in [4.78, 5) is 0. The molecule has 15 heavy (non-hydrogen) atoms. The molecule has 0 bridgehead atoms. The molecule has 1 aliphatic rings. The monoisotopic (exact) mass is 208 g/mol. The standard InChI is InChI=1S/C13H17FO/c14-12-6-8-13(9-7-12)15-10-11-4-2-1-3-5-11/h6-9,11H,1-5,10H2. The third-order valence-electron chi connectivity index (χ3n) is 3.02. The van der Waals surface area contributed by atoms with Gasteiger partial charge in [-0.3, -0.25) is 0 Å². The summed E-state index contributed by atoms with van der Waals surface area (Å²) in [6, 6.07) is 6.27. The summed E-state index contributed by atoms with van der Waals surface area (Å²) in [6.45, 7) is 0.783. The lowest BCUT2D eigenvalue weighted by atomic mass is 9.90. The van der Waals surface area contributed by atoms with Crippen LogP contribution in [0.1, 0.15) is 32.1 Å². The van der Waals surface area contributed by atoms with Gasteiger partial charge in [0.15, 0.2) is 0 Å². The predicted octanol–water partition coefficient (Wildman–Crippen LogP) is 3.78. The Kier molecular flexibility index (Phi) is 3.59. The number of halogens is 1. The van der Waals surface area contributed by atoms with Crippen molar-refractivity contribution >= 4 is 0 Å². The molecule has 1 nitrogen and oxygen atoms in total. The van der Waals surface area contributed by atoms with E-state index in [9.17, 15) is 4.39 Å². The fraction of sp³-hybridized carbons (Fsp3) is 0.538. The molecule has 0 atom stereocenters. The zero-order valence-electron chi connectivity index (χ0n) is 8.92. The summed E-state index contributed by atoms with van der Waals surface area (Å²) in [5.74, 6) is 1.27. The first-order valence-corrected chi connectivity index (χ1v) is 5.73. The number of ether oxygens (including phenoxy) is 1. The fourth-order valence-corrected chi connectivity index (χ4v) is 2.10. The highest BCUT2D eigenvalue weighted by Crippen LogP contribution is 2.24. The lowest BCUT2D eigenvalue weighted by molar-refractivity contribution is 0.208. The Morgan fingerprint density at radius 3 is 2.40 bits per heavy atom. The Morgan fingerprint density at radius 2 is 1.73 bits per heavy atom. The summed E-state index contributed by atoms with van der Waals surface area (Å²) in [5, 5.41) is 0. The van der Waals surface area contributed by atoms with E-state index in [1.54, 1.807) is 12.1 Å². The molecule has 0 radical (unpaired) electrons. The predicted molar refractivity (Wildman–Crippen MR) is 58.5 cm³/mol. The molecule has 0 N–H and O–H groups in total. The van der Waals surface area contributed by atoms with E-state index < -0.39 is 0 Å². The van der Waals surface area contributed by atoms with E-state index in [4.69, 9.17) is 4.74 Å². The van der Waals surface area contributed by atoms with Crippen molar-refractivity contribution in [2.75, 3.05) is 6.61 Å². The average Bonchev–Trinajstić information content (AvgIpc) is 2.30.